The van der Waals surface area contributed by atoms with E-state index in [1.165, 1.54) is 0 Å². The van der Waals surface area contributed by atoms with Crippen LogP contribution < -0.4 is 5.32 Å². The molecule has 2 N–H and O–H groups in total. The van der Waals surface area contributed by atoms with E-state index in [4.69, 9.17) is 5.11 Å². The summed E-state index contributed by atoms with van der Waals surface area (Å²) in [7, 11) is 0. The zero-order valence-corrected chi connectivity index (χ0v) is 12.7. The summed E-state index contributed by atoms with van der Waals surface area (Å²) < 4.78 is 0. The van der Waals surface area contributed by atoms with Crippen LogP contribution in [-0.4, -0.2) is 46.6 Å². The van der Waals surface area contributed by atoms with E-state index >= 15 is 0 Å². The molecule has 2 heterocycles. The van der Waals surface area contributed by atoms with E-state index in [-0.39, 0.29) is 18.6 Å². The number of aliphatic hydroxyl groups is 1. The third kappa shape index (κ3) is 4.17. The molecule has 2 rings (SSSR count). The number of aliphatic hydroxyl groups excluding tert-OH is 1. The number of hydrogen-bond donors (Lipinski definition) is 2. The van der Waals surface area contributed by atoms with Gasteiger partial charge in [-0.3, -0.25) is 4.79 Å². The minimum Gasteiger partial charge on any atom is -0.396 e. The maximum Gasteiger partial charge on any atom is 0.272 e. The molecule has 21 heavy (non-hydrogen) atoms. The van der Waals surface area contributed by atoms with Crippen molar-refractivity contribution in [2.75, 3.05) is 25.0 Å². The van der Waals surface area contributed by atoms with E-state index in [2.05, 4.69) is 17.2 Å². The summed E-state index contributed by atoms with van der Waals surface area (Å²) in [6.07, 6.45) is 6.56. The van der Waals surface area contributed by atoms with E-state index in [9.17, 15) is 4.79 Å². The smallest absolute Gasteiger partial charge is 0.272 e. The number of likely N-dealkylation sites (tertiary alicyclic amines) is 1. The maximum absolute atomic E-state index is 12.6. The summed E-state index contributed by atoms with van der Waals surface area (Å²) in [5.74, 6) is -0.0183. The van der Waals surface area contributed by atoms with Crippen molar-refractivity contribution >= 4 is 11.6 Å². The summed E-state index contributed by atoms with van der Waals surface area (Å²) in [5, 5.41) is 12.4. The van der Waals surface area contributed by atoms with Crippen LogP contribution in [0.4, 0.5) is 5.69 Å². The number of carbonyl (C=O) groups excluding carboxylic acids is 1. The lowest BCUT2D eigenvalue weighted by Gasteiger charge is -2.35. The Labute approximate surface area is 126 Å². The molecule has 1 aliphatic rings. The van der Waals surface area contributed by atoms with Crippen LogP contribution in [0.25, 0.3) is 0 Å². The normalized spacial score (nSPS) is 18.6. The predicted octanol–water partition coefficient (Wildman–Crippen LogP) is 2.28. The van der Waals surface area contributed by atoms with Crippen LogP contribution in [0.2, 0.25) is 0 Å². The summed E-state index contributed by atoms with van der Waals surface area (Å²) >= 11 is 0. The molecule has 1 aromatic rings. The van der Waals surface area contributed by atoms with Crippen molar-refractivity contribution in [1.82, 2.24) is 9.88 Å². The summed E-state index contributed by atoms with van der Waals surface area (Å²) in [6, 6.07) is 3.84. The van der Waals surface area contributed by atoms with Gasteiger partial charge < -0.3 is 15.3 Å². The van der Waals surface area contributed by atoms with Gasteiger partial charge in [-0.25, -0.2) is 4.98 Å². The Balaban J connectivity index is 2.03. The molecule has 5 heteroatoms. The minimum absolute atomic E-state index is 0.0183. The number of nitrogens with zero attached hydrogens (tertiary/aromatic N) is 2. The number of aromatic nitrogens is 1. The summed E-state index contributed by atoms with van der Waals surface area (Å²) in [4.78, 5) is 18.7. The molecule has 0 aliphatic carbocycles. The Kier molecular flexibility index (Phi) is 5.99. The predicted molar refractivity (Wildman–Crippen MR) is 83.4 cm³/mol. The Bertz CT molecular complexity index is 445. The second-order valence-electron chi connectivity index (χ2n) is 5.52. The fraction of sp³-hybridized carbons (Fsp3) is 0.625. The lowest BCUT2D eigenvalue weighted by atomic mass is 9.99. The highest BCUT2D eigenvalue weighted by Crippen LogP contribution is 2.21. The molecule has 116 valence electrons. The quantitative estimate of drug-likeness (QED) is 0.844. The van der Waals surface area contributed by atoms with E-state index < -0.39 is 0 Å². The molecule has 1 unspecified atom stereocenters. The van der Waals surface area contributed by atoms with Gasteiger partial charge in [0.2, 0.25) is 0 Å². The number of hydrogen-bond acceptors (Lipinski definition) is 4. The van der Waals surface area contributed by atoms with Gasteiger partial charge in [0.25, 0.3) is 5.91 Å². The van der Waals surface area contributed by atoms with Crippen molar-refractivity contribution < 1.29 is 9.90 Å². The van der Waals surface area contributed by atoms with Gasteiger partial charge in [0.1, 0.15) is 5.69 Å². The number of pyridine rings is 1. The topological polar surface area (TPSA) is 65.5 Å². The third-order valence-electron chi connectivity index (χ3n) is 3.91. The largest absolute Gasteiger partial charge is 0.396 e. The molecular formula is C16H25N3O2. The molecule has 0 spiro atoms. The number of carbonyl (C=O) groups is 1. The van der Waals surface area contributed by atoms with Crippen LogP contribution >= 0.6 is 0 Å². The monoisotopic (exact) mass is 291 g/mol. The highest BCUT2D eigenvalue weighted by atomic mass is 16.3. The number of piperidine rings is 1. The molecule has 0 saturated carbocycles. The molecule has 0 aromatic carbocycles. The lowest BCUT2D eigenvalue weighted by molar-refractivity contribution is 0.0568. The molecule has 1 saturated heterocycles. The molecule has 1 aliphatic heterocycles. The van der Waals surface area contributed by atoms with E-state index in [1.807, 2.05) is 11.0 Å². The average Bonchev–Trinajstić information content (AvgIpc) is 2.53. The lowest BCUT2D eigenvalue weighted by Crippen LogP contribution is -2.44. The second kappa shape index (κ2) is 7.98. The third-order valence-corrected chi connectivity index (χ3v) is 3.91. The highest BCUT2D eigenvalue weighted by molar-refractivity contribution is 5.92. The minimum atomic E-state index is -0.0183. The van der Waals surface area contributed by atoms with Crippen LogP contribution in [0, 0.1) is 0 Å². The molecule has 0 bridgehead atoms. The van der Waals surface area contributed by atoms with Crippen LogP contribution in [0.3, 0.4) is 0 Å². The standard InChI is InChI=1S/C16H25N3O2/c1-2-9-17-13-6-7-15(18-12-13)16(21)19-10-4-3-5-14(19)8-11-20/h6-7,12,14,17,20H,2-5,8-11H2,1H3. The van der Waals surface area contributed by atoms with Gasteiger partial charge >= 0.3 is 0 Å². The van der Waals surface area contributed by atoms with Crippen LogP contribution in [0.1, 0.15) is 49.5 Å². The van der Waals surface area contributed by atoms with E-state index in [0.29, 0.717) is 12.1 Å². The molecule has 1 amide bonds. The van der Waals surface area contributed by atoms with Crippen molar-refractivity contribution in [2.45, 2.75) is 45.1 Å². The number of rotatable bonds is 6. The van der Waals surface area contributed by atoms with Crippen molar-refractivity contribution in [3.8, 4) is 0 Å². The number of anilines is 1. The second-order valence-corrected chi connectivity index (χ2v) is 5.52. The first-order valence-corrected chi connectivity index (χ1v) is 7.88. The van der Waals surface area contributed by atoms with Crippen molar-refractivity contribution in [3.63, 3.8) is 0 Å². The zero-order valence-electron chi connectivity index (χ0n) is 12.7. The van der Waals surface area contributed by atoms with Gasteiger partial charge in [-0.15, -0.1) is 0 Å². The molecule has 5 nitrogen and oxygen atoms in total. The first kappa shape index (κ1) is 15.8. The Morgan fingerprint density at radius 2 is 2.33 bits per heavy atom. The van der Waals surface area contributed by atoms with Gasteiger partial charge in [-0.2, -0.15) is 0 Å². The number of nitrogens with one attached hydrogen (secondary N) is 1. The molecule has 1 aromatic heterocycles. The van der Waals surface area contributed by atoms with Crippen LogP contribution in [-0.2, 0) is 0 Å². The number of amides is 1. The first-order valence-electron chi connectivity index (χ1n) is 7.88. The van der Waals surface area contributed by atoms with Gasteiger partial charge in [0.15, 0.2) is 0 Å². The van der Waals surface area contributed by atoms with Gasteiger partial charge in [0, 0.05) is 25.7 Å². The van der Waals surface area contributed by atoms with E-state index in [0.717, 1.165) is 44.5 Å². The molecule has 1 fully saturated rings. The molecule has 1 atom stereocenters. The SMILES string of the molecule is CCCNc1ccc(C(=O)N2CCCCC2CCO)nc1. The zero-order chi connectivity index (χ0) is 15.1. The highest BCUT2D eigenvalue weighted by Gasteiger charge is 2.27. The maximum atomic E-state index is 12.6. The Hall–Kier alpha value is -1.62. The average molecular weight is 291 g/mol. The first-order chi connectivity index (χ1) is 10.3. The Morgan fingerprint density at radius 1 is 1.48 bits per heavy atom. The van der Waals surface area contributed by atoms with Crippen LogP contribution in [0.5, 0.6) is 0 Å². The van der Waals surface area contributed by atoms with E-state index in [1.54, 1.807) is 12.3 Å². The molecule has 0 radical (unpaired) electrons. The van der Waals surface area contributed by atoms with Gasteiger partial charge in [0.05, 0.1) is 11.9 Å². The fourth-order valence-corrected chi connectivity index (χ4v) is 2.76. The van der Waals surface area contributed by atoms with Gasteiger partial charge in [-0.05, 0) is 44.2 Å². The van der Waals surface area contributed by atoms with Crippen molar-refractivity contribution in [1.29, 1.82) is 0 Å². The molecular weight excluding hydrogens is 266 g/mol. The van der Waals surface area contributed by atoms with Gasteiger partial charge in [-0.1, -0.05) is 6.92 Å². The van der Waals surface area contributed by atoms with Crippen molar-refractivity contribution in [2.24, 2.45) is 0 Å². The van der Waals surface area contributed by atoms with Crippen molar-refractivity contribution in [3.05, 3.63) is 24.0 Å². The fourth-order valence-electron chi connectivity index (χ4n) is 2.76. The van der Waals surface area contributed by atoms with Crippen LogP contribution in [0.15, 0.2) is 18.3 Å². The Morgan fingerprint density at radius 3 is 3.00 bits per heavy atom. The summed E-state index contributed by atoms with van der Waals surface area (Å²) in [6.45, 7) is 3.90. The summed E-state index contributed by atoms with van der Waals surface area (Å²) in [5.41, 5.74) is 1.43.